The van der Waals surface area contributed by atoms with E-state index < -0.39 is 28.5 Å². The molecule has 1 aromatic heterocycles. The van der Waals surface area contributed by atoms with Crippen LogP contribution in [-0.4, -0.2) is 15.7 Å². The highest BCUT2D eigenvalue weighted by atomic mass is 35.5. The fraction of sp³-hybridized carbons (Fsp3) is 0.333. The maximum Gasteiger partial charge on any atom is 0.434 e. The van der Waals surface area contributed by atoms with Crippen molar-refractivity contribution in [1.82, 2.24) is 9.78 Å². The predicted octanol–water partition coefficient (Wildman–Crippen LogP) is 4.47. The molecule has 8 heteroatoms. The molecule has 2 rings (SSSR count). The van der Waals surface area contributed by atoms with E-state index in [4.69, 9.17) is 11.6 Å². The average Bonchev–Trinajstić information content (AvgIpc) is 2.74. The molecule has 0 fully saturated rings. The van der Waals surface area contributed by atoms with Crippen LogP contribution in [0, 0.1) is 0 Å². The number of nitrogens with zero attached hydrogens (tertiary/aromatic N) is 2. The molecule has 0 spiro atoms. The highest BCUT2D eigenvalue weighted by molar-refractivity contribution is 6.34. The Balaban J connectivity index is 2.25. The summed E-state index contributed by atoms with van der Waals surface area (Å²) < 4.78 is 39.1. The molecule has 0 aliphatic rings. The van der Waals surface area contributed by atoms with Crippen LogP contribution >= 0.6 is 11.6 Å². The van der Waals surface area contributed by atoms with Gasteiger partial charge in [-0.05, 0) is 23.6 Å². The van der Waals surface area contributed by atoms with Crippen LogP contribution in [0.15, 0.2) is 24.3 Å². The van der Waals surface area contributed by atoms with Crippen LogP contribution in [0.3, 0.4) is 0 Å². The molecule has 0 aliphatic carbocycles. The van der Waals surface area contributed by atoms with Gasteiger partial charge in [-0.25, -0.2) is 0 Å². The zero-order valence-corrected chi connectivity index (χ0v) is 13.5. The van der Waals surface area contributed by atoms with Crippen molar-refractivity contribution >= 4 is 23.2 Å². The molecular weight excluding hydrogens is 331 g/mol. The molecule has 124 valence electrons. The van der Waals surface area contributed by atoms with Gasteiger partial charge in [-0.15, -0.1) is 0 Å². The number of amides is 1. The van der Waals surface area contributed by atoms with Crippen molar-refractivity contribution in [3.05, 3.63) is 46.2 Å². The number of carbonyl (C=O) groups excluding carboxylic acids is 1. The van der Waals surface area contributed by atoms with E-state index in [0.717, 1.165) is 12.6 Å². The lowest BCUT2D eigenvalue weighted by molar-refractivity contribution is -0.143. The van der Waals surface area contributed by atoms with Gasteiger partial charge in [-0.2, -0.15) is 18.3 Å². The van der Waals surface area contributed by atoms with Gasteiger partial charge in [-0.3, -0.25) is 9.48 Å². The van der Waals surface area contributed by atoms with E-state index in [2.05, 4.69) is 10.4 Å². The minimum Gasteiger partial charge on any atom is -0.321 e. The SMILES string of the molecule is CC(C)c1ccc(NC(=O)c2nn(C)c(C(F)(F)F)c2Cl)cc1. The molecule has 4 nitrogen and oxygen atoms in total. The van der Waals surface area contributed by atoms with E-state index in [1.165, 1.54) is 0 Å². The van der Waals surface area contributed by atoms with E-state index in [-0.39, 0.29) is 0 Å². The first-order valence-corrected chi connectivity index (χ1v) is 7.20. The van der Waals surface area contributed by atoms with Crippen LogP contribution in [0.1, 0.15) is 41.5 Å². The number of halogens is 4. The van der Waals surface area contributed by atoms with E-state index in [1.54, 1.807) is 12.1 Å². The Bertz CT molecular complexity index is 721. The molecule has 0 saturated heterocycles. The summed E-state index contributed by atoms with van der Waals surface area (Å²) in [5, 5.41) is 5.35. The molecule has 1 aromatic carbocycles. The van der Waals surface area contributed by atoms with Crippen LogP contribution in [0.5, 0.6) is 0 Å². The summed E-state index contributed by atoms with van der Waals surface area (Å²) in [6.07, 6.45) is -4.68. The first kappa shape index (κ1) is 17.3. The normalized spacial score (nSPS) is 11.8. The number of benzene rings is 1. The topological polar surface area (TPSA) is 46.9 Å². The Morgan fingerprint density at radius 3 is 2.26 bits per heavy atom. The standard InChI is InChI=1S/C15H15ClF3N3O/c1-8(2)9-4-6-10(7-5-9)20-14(23)12-11(16)13(15(17,18)19)22(3)21-12/h4-8H,1-3H3,(H,20,23). The van der Waals surface area contributed by atoms with Crippen LogP contribution in [0.2, 0.25) is 5.02 Å². The summed E-state index contributed by atoms with van der Waals surface area (Å²) in [5.74, 6) is -0.460. The quantitative estimate of drug-likeness (QED) is 0.892. The van der Waals surface area contributed by atoms with Gasteiger partial charge in [0.15, 0.2) is 11.4 Å². The van der Waals surface area contributed by atoms with Crippen LogP contribution < -0.4 is 5.32 Å². The number of alkyl halides is 3. The number of nitrogens with one attached hydrogen (secondary N) is 1. The third-order valence-electron chi connectivity index (χ3n) is 3.31. The summed E-state index contributed by atoms with van der Waals surface area (Å²) in [4.78, 5) is 12.1. The highest BCUT2D eigenvalue weighted by Crippen LogP contribution is 2.36. The van der Waals surface area contributed by atoms with E-state index in [0.29, 0.717) is 16.3 Å². The van der Waals surface area contributed by atoms with Gasteiger partial charge >= 0.3 is 6.18 Å². The second-order valence-corrected chi connectivity index (χ2v) is 5.74. The Kier molecular flexibility index (Phi) is 4.70. The Hall–Kier alpha value is -2.02. The largest absolute Gasteiger partial charge is 0.434 e. The molecule has 0 atom stereocenters. The van der Waals surface area contributed by atoms with Crippen LogP contribution in [0.25, 0.3) is 0 Å². The van der Waals surface area contributed by atoms with Crippen LogP contribution in [-0.2, 0) is 13.2 Å². The lowest BCUT2D eigenvalue weighted by atomic mass is 10.0. The zero-order valence-electron chi connectivity index (χ0n) is 12.7. The maximum absolute atomic E-state index is 12.9. The molecule has 1 N–H and O–H groups in total. The number of carbonyl (C=O) groups is 1. The molecule has 0 saturated carbocycles. The molecule has 0 radical (unpaired) electrons. The molecule has 23 heavy (non-hydrogen) atoms. The summed E-state index contributed by atoms with van der Waals surface area (Å²) >= 11 is 5.68. The van der Waals surface area contributed by atoms with Crippen molar-refractivity contribution in [2.24, 2.45) is 7.05 Å². The van der Waals surface area contributed by atoms with Gasteiger partial charge in [0.2, 0.25) is 0 Å². The predicted molar refractivity (Wildman–Crippen MR) is 81.7 cm³/mol. The second-order valence-electron chi connectivity index (χ2n) is 5.36. The second kappa shape index (κ2) is 6.23. The van der Waals surface area contributed by atoms with E-state index in [9.17, 15) is 18.0 Å². The monoisotopic (exact) mass is 345 g/mol. The average molecular weight is 346 g/mol. The van der Waals surface area contributed by atoms with Crippen molar-refractivity contribution in [2.45, 2.75) is 25.9 Å². The maximum atomic E-state index is 12.9. The molecule has 2 aromatic rings. The molecule has 0 bridgehead atoms. The smallest absolute Gasteiger partial charge is 0.321 e. The third-order valence-corrected chi connectivity index (χ3v) is 3.67. The number of aryl methyl sites for hydroxylation is 1. The molecule has 0 unspecified atom stereocenters. The Morgan fingerprint density at radius 1 is 1.26 bits per heavy atom. The van der Waals surface area contributed by atoms with Crippen molar-refractivity contribution in [2.75, 3.05) is 5.32 Å². The Labute approximate surface area is 136 Å². The van der Waals surface area contributed by atoms with Gasteiger partial charge in [0.05, 0.1) is 0 Å². The minimum absolute atomic E-state index is 0.333. The summed E-state index contributed by atoms with van der Waals surface area (Å²) in [5.41, 5.74) is -0.0817. The number of aromatic nitrogens is 2. The molecule has 1 heterocycles. The third kappa shape index (κ3) is 3.67. The van der Waals surface area contributed by atoms with Crippen molar-refractivity contribution in [3.8, 4) is 0 Å². The van der Waals surface area contributed by atoms with Gasteiger partial charge < -0.3 is 5.32 Å². The van der Waals surface area contributed by atoms with Gasteiger partial charge in [0, 0.05) is 12.7 Å². The Morgan fingerprint density at radius 2 is 1.83 bits per heavy atom. The summed E-state index contributed by atoms with van der Waals surface area (Å²) in [6.45, 7) is 4.06. The fourth-order valence-electron chi connectivity index (χ4n) is 2.09. The first-order chi connectivity index (χ1) is 10.6. The van der Waals surface area contributed by atoms with Gasteiger partial charge in [-0.1, -0.05) is 37.6 Å². The lowest BCUT2D eigenvalue weighted by Gasteiger charge is -2.08. The van der Waals surface area contributed by atoms with Crippen molar-refractivity contribution < 1.29 is 18.0 Å². The molecule has 0 aliphatic heterocycles. The highest BCUT2D eigenvalue weighted by Gasteiger charge is 2.39. The number of hydrogen-bond acceptors (Lipinski definition) is 2. The lowest BCUT2D eigenvalue weighted by Crippen LogP contribution is -2.13. The van der Waals surface area contributed by atoms with E-state index >= 15 is 0 Å². The minimum atomic E-state index is -4.68. The van der Waals surface area contributed by atoms with Crippen molar-refractivity contribution in [3.63, 3.8) is 0 Å². The van der Waals surface area contributed by atoms with Crippen LogP contribution in [0.4, 0.5) is 18.9 Å². The number of rotatable bonds is 3. The number of hydrogen-bond donors (Lipinski definition) is 1. The van der Waals surface area contributed by atoms with E-state index in [1.807, 2.05) is 26.0 Å². The molecular formula is C15H15ClF3N3O. The summed E-state index contributed by atoms with van der Waals surface area (Å²) in [7, 11) is 1.09. The van der Waals surface area contributed by atoms with Gasteiger partial charge in [0.1, 0.15) is 5.02 Å². The zero-order chi connectivity index (χ0) is 17.4. The van der Waals surface area contributed by atoms with Gasteiger partial charge in [0.25, 0.3) is 5.91 Å². The molecule has 1 amide bonds. The first-order valence-electron chi connectivity index (χ1n) is 6.82. The van der Waals surface area contributed by atoms with Crippen molar-refractivity contribution in [1.29, 1.82) is 0 Å². The fourth-order valence-corrected chi connectivity index (χ4v) is 2.45. The summed E-state index contributed by atoms with van der Waals surface area (Å²) in [6, 6.07) is 7.02. The number of anilines is 1.